The van der Waals surface area contributed by atoms with Crippen molar-refractivity contribution in [2.75, 3.05) is 11.9 Å². The Kier molecular flexibility index (Phi) is 6.17. The van der Waals surface area contributed by atoms with Gasteiger partial charge in [-0.1, -0.05) is 37.1 Å². The predicted octanol–water partition coefficient (Wildman–Crippen LogP) is 4.52. The third-order valence-electron chi connectivity index (χ3n) is 5.26. The molecule has 2 heterocycles. The van der Waals surface area contributed by atoms with Crippen LogP contribution in [0.2, 0.25) is 0 Å². The number of aryl methyl sites for hydroxylation is 1. The number of nitrogens with zero attached hydrogens (tertiary/aromatic N) is 2. The van der Waals surface area contributed by atoms with Crippen LogP contribution in [0, 0.1) is 6.92 Å². The molecule has 27 heavy (non-hydrogen) atoms. The summed E-state index contributed by atoms with van der Waals surface area (Å²) in [6.45, 7) is 6.75. The minimum Gasteiger partial charge on any atom is -0.368 e. The van der Waals surface area contributed by atoms with Gasteiger partial charge < -0.3 is 5.32 Å². The molecular weight excluding hydrogens is 358 g/mol. The monoisotopic (exact) mass is 387 g/mol. The summed E-state index contributed by atoms with van der Waals surface area (Å²) in [4.78, 5) is 4.87. The summed E-state index contributed by atoms with van der Waals surface area (Å²) in [6, 6.07) is 11.3. The SMILES string of the molecule is CC[C@@H](C)Nc1ccc([C@@H]2CCCCN2S(=O)(=O)c2ccc(C)cc2)cn1. The first-order valence-corrected chi connectivity index (χ1v) is 11.2. The maximum atomic E-state index is 13.2. The van der Waals surface area contributed by atoms with Crippen molar-refractivity contribution in [3.05, 3.63) is 53.7 Å². The van der Waals surface area contributed by atoms with Gasteiger partial charge in [0.1, 0.15) is 5.82 Å². The van der Waals surface area contributed by atoms with Crippen molar-refractivity contribution in [3.63, 3.8) is 0 Å². The zero-order valence-electron chi connectivity index (χ0n) is 16.4. The average molecular weight is 388 g/mol. The van der Waals surface area contributed by atoms with Gasteiger partial charge in [-0.05, 0) is 56.9 Å². The van der Waals surface area contributed by atoms with E-state index in [0.29, 0.717) is 17.5 Å². The number of aromatic nitrogens is 1. The summed E-state index contributed by atoms with van der Waals surface area (Å²) in [5.41, 5.74) is 2.01. The van der Waals surface area contributed by atoms with E-state index in [2.05, 4.69) is 24.1 Å². The molecule has 0 unspecified atom stereocenters. The van der Waals surface area contributed by atoms with Crippen LogP contribution in [0.1, 0.15) is 56.7 Å². The number of hydrogen-bond acceptors (Lipinski definition) is 4. The van der Waals surface area contributed by atoms with Gasteiger partial charge in [0.2, 0.25) is 10.0 Å². The quantitative estimate of drug-likeness (QED) is 0.792. The molecule has 0 saturated carbocycles. The molecule has 2 atom stereocenters. The summed E-state index contributed by atoms with van der Waals surface area (Å²) in [7, 11) is -3.52. The van der Waals surface area contributed by atoms with Crippen LogP contribution in [0.15, 0.2) is 47.5 Å². The highest BCUT2D eigenvalue weighted by Gasteiger charge is 2.34. The maximum absolute atomic E-state index is 13.2. The van der Waals surface area contributed by atoms with Crippen molar-refractivity contribution in [2.45, 2.75) is 63.4 Å². The lowest BCUT2D eigenvalue weighted by Gasteiger charge is -2.35. The summed E-state index contributed by atoms with van der Waals surface area (Å²) >= 11 is 0. The van der Waals surface area contributed by atoms with Crippen molar-refractivity contribution in [1.82, 2.24) is 9.29 Å². The van der Waals surface area contributed by atoms with Gasteiger partial charge in [0.05, 0.1) is 10.9 Å². The number of rotatable bonds is 6. The van der Waals surface area contributed by atoms with Crippen molar-refractivity contribution in [2.24, 2.45) is 0 Å². The van der Waals surface area contributed by atoms with Crippen LogP contribution in [0.3, 0.4) is 0 Å². The molecule has 1 aromatic heterocycles. The fourth-order valence-corrected chi connectivity index (χ4v) is 5.10. The Morgan fingerprint density at radius 3 is 2.56 bits per heavy atom. The van der Waals surface area contributed by atoms with Crippen LogP contribution >= 0.6 is 0 Å². The van der Waals surface area contributed by atoms with Gasteiger partial charge in [0, 0.05) is 18.8 Å². The number of anilines is 1. The molecule has 6 heteroatoms. The molecule has 146 valence electrons. The second-order valence-electron chi connectivity index (χ2n) is 7.37. The molecule has 5 nitrogen and oxygen atoms in total. The summed E-state index contributed by atoms with van der Waals surface area (Å²) in [5, 5.41) is 3.35. The van der Waals surface area contributed by atoms with E-state index in [9.17, 15) is 8.42 Å². The Bertz CT molecular complexity index is 848. The van der Waals surface area contributed by atoms with Gasteiger partial charge in [-0.2, -0.15) is 4.31 Å². The predicted molar refractivity (Wildman–Crippen MR) is 109 cm³/mol. The summed E-state index contributed by atoms with van der Waals surface area (Å²) < 4.78 is 28.1. The minimum atomic E-state index is -3.52. The van der Waals surface area contributed by atoms with Gasteiger partial charge in [-0.15, -0.1) is 0 Å². The van der Waals surface area contributed by atoms with E-state index >= 15 is 0 Å². The number of sulfonamides is 1. The Morgan fingerprint density at radius 2 is 1.93 bits per heavy atom. The largest absolute Gasteiger partial charge is 0.368 e. The zero-order valence-corrected chi connectivity index (χ0v) is 17.2. The van der Waals surface area contributed by atoms with E-state index in [4.69, 9.17) is 0 Å². The summed E-state index contributed by atoms with van der Waals surface area (Å²) in [5.74, 6) is 0.830. The van der Waals surface area contributed by atoms with Crippen LogP contribution in [-0.2, 0) is 10.0 Å². The molecule has 1 aromatic carbocycles. The molecule has 1 fully saturated rings. The first kappa shape index (κ1) is 19.8. The number of piperidine rings is 1. The molecule has 1 aliphatic heterocycles. The lowest BCUT2D eigenvalue weighted by molar-refractivity contribution is 0.255. The normalized spacial score (nSPS) is 19.6. The van der Waals surface area contributed by atoms with E-state index in [-0.39, 0.29) is 6.04 Å². The topological polar surface area (TPSA) is 62.3 Å². The second kappa shape index (κ2) is 8.40. The third-order valence-corrected chi connectivity index (χ3v) is 7.18. The molecule has 1 aliphatic rings. The van der Waals surface area contributed by atoms with Crippen LogP contribution in [0.4, 0.5) is 5.82 Å². The molecule has 1 saturated heterocycles. The van der Waals surface area contributed by atoms with Crippen LogP contribution in [-0.4, -0.2) is 30.3 Å². The Morgan fingerprint density at radius 1 is 1.19 bits per heavy atom. The molecule has 2 aromatic rings. The highest BCUT2D eigenvalue weighted by molar-refractivity contribution is 7.89. The van der Waals surface area contributed by atoms with Crippen LogP contribution in [0.25, 0.3) is 0 Å². The number of hydrogen-bond donors (Lipinski definition) is 1. The number of benzene rings is 1. The third kappa shape index (κ3) is 4.50. The van der Waals surface area contributed by atoms with Crippen molar-refractivity contribution in [3.8, 4) is 0 Å². The maximum Gasteiger partial charge on any atom is 0.243 e. The molecule has 0 aliphatic carbocycles. The van der Waals surface area contributed by atoms with Gasteiger partial charge in [0.25, 0.3) is 0 Å². The fourth-order valence-electron chi connectivity index (χ4n) is 3.41. The molecule has 3 rings (SSSR count). The second-order valence-corrected chi connectivity index (χ2v) is 9.26. The molecule has 1 N–H and O–H groups in total. The lowest BCUT2D eigenvalue weighted by Crippen LogP contribution is -2.38. The van der Waals surface area contributed by atoms with Gasteiger partial charge >= 0.3 is 0 Å². The average Bonchev–Trinajstić information content (AvgIpc) is 2.69. The van der Waals surface area contributed by atoms with E-state index in [1.54, 1.807) is 16.4 Å². The Hall–Kier alpha value is -1.92. The zero-order chi connectivity index (χ0) is 19.4. The Labute approximate surface area is 162 Å². The number of pyridine rings is 1. The molecule has 0 bridgehead atoms. The van der Waals surface area contributed by atoms with Crippen molar-refractivity contribution in [1.29, 1.82) is 0 Å². The lowest BCUT2D eigenvalue weighted by atomic mass is 9.99. The summed E-state index contributed by atoms with van der Waals surface area (Å²) in [6.07, 6.45) is 5.58. The van der Waals surface area contributed by atoms with Gasteiger partial charge in [-0.3, -0.25) is 0 Å². The molecule has 0 radical (unpaired) electrons. The van der Waals surface area contributed by atoms with Crippen molar-refractivity contribution >= 4 is 15.8 Å². The minimum absolute atomic E-state index is 0.157. The smallest absolute Gasteiger partial charge is 0.243 e. The van der Waals surface area contributed by atoms with Crippen LogP contribution < -0.4 is 5.32 Å². The van der Waals surface area contributed by atoms with E-state index < -0.39 is 10.0 Å². The highest BCUT2D eigenvalue weighted by atomic mass is 32.2. The fraction of sp³-hybridized carbons (Fsp3) is 0.476. The van der Waals surface area contributed by atoms with E-state index in [1.807, 2.05) is 37.4 Å². The molecule has 0 spiro atoms. The van der Waals surface area contributed by atoms with Gasteiger partial charge in [-0.25, -0.2) is 13.4 Å². The Balaban J connectivity index is 1.86. The van der Waals surface area contributed by atoms with Crippen LogP contribution in [0.5, 0.6) is 0 Å². The standard InChI is InChI=1S/C21H29N3O2S/c1-4-17(3)23-21-13-10-18(15-22-21)20-7-5-6-14-24(20)27(25,26)19-11-8-16(2)9-12-19/h8-13,15,17,20H,4-7,14H2,1-3H3,(H,22,23)/t17-,20+/m1/s1. The van der Waals surface area contributed by atoms with Gasteiger partial charge in [0.15, 0.2) is 0 Å². The van der Waals surface area contributed by atoms with E-state index in [0.717, 1.165) is 42.6 Å². The first-order chi connectivity index (χ1) is 12.9. The van der Waals surface area contributed by atoms with Crippen molar-refractivity contribution < 1.29 is 8.42 Å². The first-order valence-electron chi connectivity index (χ1n) is 9.73. The number of nitrogens with one attached hydrogen (secondary N) is 1. The highest BCUT2D eigenvalue weighted by Crippen LogP contribution is 2.35. The van der Waals surface area contributed by atoms with E-state index in [1.165, 1.54) is 0 Å². The molecule has 0 amide bonds. The molecular formula is C21H29N3O2S.